The fourth-order valence-electron chi connectivity index (χ4n) is 1.78. The zero-order valence-corrected chi connectivity index (χ0v) is 10.2. The molecule has 0 radical (unpaired) electrons. The first-order chi connectivity index (χ1) is 9.00. The summed E-state index contributed by atoms with van der Waals surface area (Å²) in [4.78, 5) is 21.8. The van der Waals surface area contributed by atoms with Crippen molar-refractivity contribution >= 4 is 22.5 Å². The Hall–Kier alpha value is -2.27. The first kappa shape index (κ1) is 13.2. The quantitative estimate of drug-likeness (QED) is 0.488. The standard InChI is InChI=1S/C13H7ClFNO3/c14-13(17)10-2-1-3-11(16(18)19)12(10)8-4-6-9(15)7-5-8/h1-7H. The van der Waals surface area contributed by atoms with Gasteiger partial charge in [0.1, 0.15) is 5.82 Å². The van der Waals surface area contributed by atoms with Gasteiger partial charge in [0.05, 0.1) is 10.5 Å². The molecular weight excluding hydrogens is 273 g/mol. The first-order valence-electron chi connectivity index (χ1n) is 5.24. The van der Waals surface area contributed by atoms with Crippen LogP contribution in [0, 0.1) is 15.9 Å². The molecule has 0 spiro atoms. The van der Waals surface area contributed by atoms with E-state index in [-0.39, 0.29) is 16.8 Å². The maximum absolute atomic E-state index is 12.9. The van der Waals surface area contributed by atoms with Gasteiger partial charge in [0.2, 0.25) is 0 Å². The molecule has 0 aliphatic carbocycles. The summed E-state index contributed by atoms with van der Waals surface area (Å²) in [6.45, 7) is 0. The van der Waals surface area contributed by atoms with Crippen LogP contribution in [0.1, 0.15) is 10.4 Å². The molecule has 0 aromatic heterocycles. The monoisotopic (exact) mass is 279 g/mol. The molecule has 0 aliphatic rings. The van der Waals surface area contributed by atoms with Crippen LogP contribution in [0.3, 0.4) is 0 Å². The second kappa shape index (κ2) is 5.16. The van der Waals surface area contributed by atoms with Gasteiger partial charge < -0.3 is 0 Å². The van der Waals surface area contributed by atoms with E-state index in [2.05, 4.69) is 0 Å². The lowest BCUT2D eigenvalue weighted by molar-refractivity contribution is -0.384. The highest BCUT2D eigenvalue weighted by Gasteiger charge is 2.21. The average Bonchev–Trinajstić information content (AvgIpc) is 2.38. The molecule has 0 saturated heterocycles. The van der Waals surface area contributed by atoms with Crippen LogP contribution in [-0.4, -0.2) is 10.2 Å². The second-order valence-corrected chi connectivity index (χ2v) is 4.08. The number of nitrogens with zero attached hydrogens (tertiary/aromatic N) is 1. The number of halogens is 2. The van der Waals surface area contributed by atoms with Crippen LogP contribution in [0.4, 0.5) is 10.1 Å². The number of benzene rings is 2. The number of carbonyl (C=O) groups excluding carboxylic acids is 1. The molecule has 0 amide bonds. The molecule has 0 saturated carbocycles. The Bertz CT molecular complexity index is 623. The number of nitro benzene ring substituents is 1. The van der Waals surface area contributed by atoms with Crippen molar-refractivity contribution in [2.45, 2.75) is 0 Å². The predicted molar refractivity (Wildman–Crippen MR) is 68.7 cm³/mol. The maximum Gasteiger partial charge on any atom is 0.277 e. The van der Waals surface area contributed by atoms with Crippen molar-refractivity contribution < 1.29 is 14.1 Å². The van der Waals surface area contributed by atoms with E-state index in [4.69, 9.17) is 11.6 Å². The molecule has 2 aromatic rings. The summed E-state index contributed by atoms with van der Waals surface area (Å²) < 4.78 is 12.9. The summed E-state index contributed by atoms with van der Waals surface area (Å²) in [6.07, 6.45) is 0. The summed E-state index contributed by atoms with van der Waals surface area (Å²) in [6, 6.07) is 9.08. The molecule has 0 atom stereocenters. The van der Waals surface area contributed by atoms with Gasteiger partial charge in [-0.25, -0.2) is 4.39 Å². The van der Waals surface area contributed by atoms with Crippen molar-refractivity contribution in [3.8, 4) is 11.1 Å². The smallest absolute Gasteiger partial charge is 0.276 e. The second-order valence-electron chi connectivity index (χ2n) is 3.74. The van der Waals surface area contributed by atoms with Crippen LogP contribution in [0.15, 0.2) is 42.5 Å². The number of hydrogen-bond acceptors (Lipinski definition) is 3. The average molecular weight is 280 g/mol. The van der Waals surface area contributed by atoms with Crippen LogP contribution in [0.5, 0.6) is 0 Å². The van der Waals surface area contributed by atoms with E-state index >= 15 is 0 Å². The lowest BCUT2D eigenvalue weighted by atomic mass is 9.98. The fraction of sp³-hybridized carbons (Fsp3) is 0. The Morgan fingerprint density at radius 3 is 2.32 bits per heavy atom. The van der Waals surface area contributed by atoms with E-state index in [0.717, 1.165) is 12.1 Å². The number of carbonyl (C=O) groups is 1. The summed E-state index contributed by atoms with van der Waals surface area (Å²) in [5.41, 5.74) is 0.214. The molecular formula is C13H7ClFNO3. The van der Waals surface area contributed by atoms with Crippen LogP contribution in [0.25, 0.3) is 11.1 Å². The molecule has 2 aromatic carbocycles. The van der Waals surface area contributed by atoms with Gasteiger partial charge in [-0.1, -0.05) is 18.2 Å². The van der Waals surface area contributed by atoms with Gasteiger partial charge in [0, 0.05) is 11.6 Å². The Balaban J connectivity index is 2.74. The fourth-order valence-corrected chi connectivity index (χ4v) is 1.93. The van der Waals surface area contributed by atoms with Gasteiger partial charge in [0.15, 0.2) is 0 Å². The van der Waals surface area contributed by atoms with E-state index in [1.807, 2.05) is 0 Å². The van der Waals surface area contributed by atoms with E-state index < -0.39 is 16.0 Å². The lowest BCUT2D eigenvalue weighted by Crippen LogP contribution is -1.99. The van der Waals surface area contributed by atoms with Crippen LogP contribution < -0.4 is 0 Å². The van der Waals surface area contributed by atoms with E-state index in [1.54, 1.807) is 0 Å². The summed E-state index contributed by atoms with van der Waals surface area (Å²) >= 11 is 5.43. The van der Waals surface area contributed by atoms with Crippen molar-refractivity contribution in [3.63, 3.8) is 0 Å². The normalized spacial score (nSPS) is 10.2. The van der Waals surface area contributed by atoms with Crippen molar-refractivity contribution in [3.05, 3.63) is 64.0 Å². The first-order valence-corrected chi connectivity index (χ1v) is 5.61. The minimum atomic E-state index is -0.803. The van der Waals surface area contributed by atoms with Crippen LogP contribution >= 0.6 is 11.6 Å². The molecule has 0 heterocycles. The Morgan fingerprint density at radius 2 is 1.79 bits per heavy atom. The zero-order valence-electron chi connectivity index (χ0n) is 9.47. The largest absolute Gasteiger partial charge is 0.277 e. The lowest BCUT2D eigenvalue weighted by Gasteiger charge is -2.07. The number of rotatable bonds is 3. The highest BCUT2D eigenvalue weighted by Crippen LogP contribution is 2.34. The summed E-state index contributed by atoms with van der Waals surface area (Å²) in [5.74, 6) is -0.471. The zero-order chi connectivity index (χ0) is 14.0. The highest BCUT2D eigenvalue weighted by atomic mass is 35.5. The molecule has 4 nitrogen and oxygen atoms in total. The molecule has 0 fully saturated rings. The van der Waals surface area contributed by atoms with E-state index in [1.165, 1.54) is 30.3 Å². The molecule has 0 bridgehead atoms. The van der Waals surface area contributed by atoms with Crippen LogP contribution in [0.2, 0.25) is 0 Å². The topological polar surface area (TPSA) is 60.2 Å². The summed E-state index contributed by atoms with van der Waals surface area (Å²) in [5, 5.41) is 10.2. The van der Waals surface area contributed by atoms with Crippen molar-refractivity contribution in [1.29, 1.82) is 0 Å². The molecule has 96 valence electrons. The van der Waals surface area contributed by atoms with Crippen molar-refractivity contribution in [2.24, 2.45) is 0 Å². The number of nitro groups is 1. The molecule has 6 heteroatoms. The minimum absolute atomic E-state index is 0.0162. The number of hydrogen-bond donors (Lipinski definition) is 0. The Labute approximate surface area is 112 Å². The molecule has 19 heavy (non-hydrogen) atoms. The van der Waals surface area contributed by atoms with Crippen molar-refractivity contribution in [1.82, 2.24) is 0 Å². The van der Waals surface area contributed by atoms with Gasteiger partial charge in [-0.15, -0.1) is 0 Å². The Morgan fingerprint density at radius 1 is 1.16 bits per heavy atom. The van der Waals surface area contributed by atoms with Gasteiger partial charge in [0.25, 0.3) is 10.9 Å². The molecule has 0 unspecified atom stereocenters. The summed E-state index contributed by atoms with van der Waals surface area (Å²) in [7, 11) is 0. The molecule has 2 rings (SSSR count). The minimum Gasteiger partial charge on any atom is -0.276 e. The van der Waals surface area contributed by atoms with Gasteiger partial charge >= 0.3 is 0 Å². The highest BCUT2D eigenvalue weighted by molar-refractivity contribution is 6.68. The van der Waals surface area contributed by atoms with E-state index in [0.29, 0.717) is 5.56 Å². The van der Waals surface area contributed by atoms with Gasteiger partial charge in [-0.2, -0.15) is 0 Å². The molecule has 0 N–H and O–H groups in total. The molecule has 0 aliphatic heterocycles. The van der Waals surface area contributed by atoms with Gasteiger partial charge in [-0.3, -0.25) is 14.9 Å². The third kappa shape index (κ3) is 2.61. The van der Waals surface area contributed by atoms with E-state index in [9.17, 15) is 19.3 Å². The Kier molecular flexibility index (Phi) is 3.57. The predicted octanol–water partition coefficient (Wildman–Crippen LogP) is 3.78. The maximum atomic E-state index is 12.9. The third-order valence-corrected chi connectivity index (χ3v) is 2.79. The van der Waals surface area contributed by atoms with Crippen LogP contribution in [-0.2, 0) is 0 Å². The van der Waals surface area contributed by atoms with Gasteiger partial charge in [-0.05, 0) is 35.4 Å². The van der Waals surface area contributed by atoms with Crippen molar-refractivity contribution in [2.75, 3.05) is 0 Å². The third-order valence-electron chi connectivity index (χ3n) is 2.58. The SMILES string of the molecule is O=C(Cl)c1cccc([N+](=O)[O-])c1-c1ccc(F)cc1.